The predicted molar refractivity (Wildman–Crippen MR) is 77.7 cm³/mol. The molecule has 0 aliphatic heterocycles. The fraction of sp³-hybridized carbons (Fsp3) is 1.00. The van der Waals surface area contributed by atoms with Crippen molar-refractivity contribution in [1.29, 1.82) is 0 Å². The molecule has 0 aromatic rings. The predicted octanol–water partition coefficient (Wildman–Crippen LogP) is 4.13. The van der Waals surface area contributed by atoms with Crippen LogP contribution in [0, 0.1) is 11.8 Å². The Bertz CT molecular complexity index is 160. The fourth-order valence-corrected chi connectivity index (χ4v) is 4.58. The fourth-order valence-electron chi connectivity index (χ4n) is 1.80. The lowest BCUT2D eigenvalue weighted by molar-refractivity contribution is 0.154. The van der Waals surface area contributed by atoms with Gasteiger partial charge in [-0.3, -0.25) is 0 Å². The number of hydrogen-bond donors (Lipinski definition) is 0. The Morgan fingerprint density at radius 2 is 1.35 bits per heavy atom. The third kappa shape index (κ3) is 8.81. The maximum absolute atomic E-state index is 6.08. The SMILES string of the molecule is CCCC(CC)[SiH](OCC(C)C)OCC(C)C. The van der Waals surface area contributed by atoms with Gasteiger partial charge in [0.05, 0.1) is 0 Å². The first kappa shape index (κ1) is 17.1. The van der Waals surface area contributed by atoms with Crippen LogP contribution in [0.5, 0.6) is 0 Å². The number of hydrogen-bond acceptors (Lipinski definition) is 2. The molecule has 0 saturated heterocycles. The van der Waals surface area contributed by atoms with E-state index in [-0.39, 0.29) is 0 Å². The summed E-state index contributed by atoms with van der Waals surface area (Å²) in [5.41, 5.74) is 0.678. The van der Waals surface area contributed by atoms with Gasteiger partial charge in [0.25, 0.3) is 0 Å². The largest absolute Gasteiger partial charge is 0.396 e. The van der Waals surface area contributed by atoms with Crippen molar-refractivity contribution >= 4 is 9.28 Å². The molecule has 0 fully saturated rings. The Morgan fingerprint density at radius 1 is 0.882 bits per heavy atom. The minimum Gasteiger partial charge on any atom is -0.396 e. The van der Waals surface area contributed by atoms with Crippen LogP contribution < -0.4 is 0 Å². The highest BCUT2D eigenvalue weighted by Gasteiger charge is 2.24. The maximum Gasteiger partial charge on any atom is 0.324 e. The van der Waals surface area contributed by atoms with Crippen LogP contribution >= 0.6 is 0 Å². The summed E-state index contributed by atoms with van der Waals surface area (Å²) in [5.74, 6) is 1.21. The van der Waals surface area contributed by atoms with Gasteiger partial charge in [0.2, 0.25) is 0 Å². The van der Waals surface area contributed by atoms with Crippen LogP contribution in [0.2, 0.25) is 5.54 Å². The molecule has 0 saturated carbocycles. The van der Waals surface area contributed by atoms with E-state index < -0.39 is 9.28 Å². The first-order chi connectivity index (χ1) is 8.01. The van der Waals surface area contributed by atoms with Crippen molar-refractivity contribution in [2.75, 3.05) is 13.2 Å². The van der Waals surface area contributed by atoms with Gasteiger partial charge in [0.15, 0.2) is 0 Å². The summed E-state index contributed by atoms with van der Waals surface area (Å²) in [5, 5.41) is 0. The molecule has 3 heteroatoms. The molecule has 0 N–H and O–H groups in total. The summed E-state index contributed by atoms with van der Waals surface area (Å²) in [4.78, 5) is 0. The zero-order chi connectivity index (χ0) is 13.3. The zero-order valence-electron chi connectivity index (χ0n) is 12.7. The Balaban J connectivity index is 4.24. The Labute approximate surface area is 110 Å². The molecule has 0 rings (SSSR count). The van der Waals surface area contributed by atoms with Gasteiger partial charge in [0, 0.05) is 13.2 Å². The molecule has 17 heavy (non-hydrogen) atoms. The molecule has 0 aliphatic carbocycles. The molecule has 0 heterocycles. The standard InChI is InChI=1S/C14H32O2Si/c1-7-9-14(8-2)17(15-10-12(3)4)16-11-13(5)6/h12-14,17H,7-11H2,1-6H3. The molecule has 0 radical (unpaired) electrons. The summed E-state index contributed by atoms with van der Waals surface area (Å²) >= 11 is 0. The summed E-state index contributed by atoms with van der Waals surface area (Å²) in [6.45, 7) is 15.0. The van der Waals surface area contributed by atoms with Crippen molar-refractivity contribution in [2.24, 2.45) is 11.8 Å². The van der Waals surface area contributed by atoms with Gasteiger partial charge in [0.1, 0.15) is 0 Å². The van der Waals surface area contributed by atoms with Crippen molar-refractivity contribution in [3.63, 3.8) is 0 Å². The minimum absolute atomic E-state index is 0.604. The highest BCUT2D eigenvalue weighted by atomic mass is 28.3. The molecule has 1 unspecified atom stereocenters. The summed E-state index contributed by atoms with van der Waals surface area (Å²) in [6, 6.07) is 0. The van der Waals surface area contributed by atoms with Crippen LogP contribution in [-0.2, 0) is 8.85 Å². The molecule has 104 valence electrons. The number of rotatable bonds is 10. The second-order valence-corrected chi connectivity index (χ2v) is 8.13. The van der Waals surface area contributed by atoms with Crippen LogP contribution in [-0.4, -0.2) is 22.5 Å². The molecule has 0 amide bonds. The van der Waals surface area contributed by atoms with Crippen LogP contribution in [0.15, 0.2) is 0 Å². The lowest BCUT2D eigenvalue weighted by Gasteiger charge is -2.26. The van der Waals surface area contributed by atoms with E-state index in [1.165, 1.54) is 19.3 Å². The van der Waals surface area contributed by atoms with E-state index in [2.05, 4.69) is 41.5 Å². The van der Waals surface area contributed by atoms with E-state index in [1.54, 1.807) is 0 Å². The maximum atomic E-state index is 6.08. The minimum atomic E-state index is -1.48. The molecule has 0 aliphatic rings. The normalized spacial score (nSPS) is 13.9. The topological polar surface area (TPSA) is 18.5 Å². The Hall–Kier alpha value is 0.137. The van der Waals surface area contributed by atoms with Gasteiger partial charge in [-0.1, -0.05) is 54.4 Å². The van der Waals surface area contributed by atoms with Crippen LogP contribution in [0.25, 0.3) is 0 Å². The molecular formula is C14H32O2Si. The van der Waals surface area contributed by atoms with E-state index in [0.29, 0.717) is 17.4 Å². The third-order valence-corrected chi connectivity index (χ3v) is 5.37. The molecule has 0 bridgehead atoms. The van der Waals surface area contributed by atoms with Crippen molar-refractivity contribution in [1.82, 2.24) is 0 Å². The first-order valence-electron chi connectivity index (χ1n) is 7.24. The molecule has 0 aromatic carbocycles. The zero-order valence-corrected chi connectivity index (χ0v) is 13.8. The monoisotopic (exact) mass is 260 g/mol. The summed E-state index contributed by atoms with van der Waals surface area (Å²) < 4.78 is 12.2. The Kier molecular flexibility index (Phi) is 10.2. The second kappa shape index (κ2) is 10.1. The molecule has 2 nitrogen and oxygen atoms in total. The van der Waals surface area contributed by atoms with Crippen LogP contribution in [0.4, 0.5) is 0 Å². The summed E-state index contributed by atoms with van der Waals surface area (Å²) in [6.07, 6.45) is 3.68. The highest BCUT2D eigenvalue weighted by Crippen LogP contribution is 2.24. The van der Waals surface area contributed by atoms with Gasteiger partial charge < -0.3 is 8.85 Å². The second-order valence-electron chi connectivity index (χ2n) is 5.78. The van der Waals surface area contributed by atoms with E-state index in [0.717, 1.165) is 13.2 Å². The summed E-state index contributed by atoms with van der Waals surface area (Å²) in [7, 11) is -1.48. The van der Waals surface area contributed by atoms with Crippen LogP contribution in [0.1, 0.15) is 60.8 Å². The van der Waals surface area contributed by atoms with Gasteiger partial charge in [-0.2, -0.15) is 0 Å². The van der Waals surface area contributed by atoms with Gasteiger partial charge >= 0.3 is 9.28 Å². The van der Waals surface area contributed by atoms with E-state index >= 15 is 0 Å². The Morgan fingerprint density at radius 3 is 1.65 bits per heavy atom. The highest BCUT2D eigenvalue weighted by molar-refractivity contribution is 6.46. The van der Waals surface area contributed by atoms with E-state index in [1.807, 2.05) is 0 Å². The average molecular weight is 260 g/mol. The van der Waals surface area contributed by atoms with Crippen molar-refractivity contribution < 1.29 is 8.85 Å². The smallest absolute Gasteiger partial charge is 0.324 e. The lowest BCUT2D eigenvalue weighted by Crippen LogP contribution is -2.31. The van der Waals surface area contributed by atoms with Crippen molar-refractivity contribution in [3.8, 4) is 0 Å². The molecule has 0 aromatic heterocycles. The van der Waals surface area contributed by atoms with Gasteiger partial charge in [-0.15, -0.1) is 0 Å². The first-order valence-corrected chi connectivity index (χ1v) is 8.85. The molecular weight excluding hydrogens is 228 g/mol. The van der Waals surface area contributed by atoms with Crippen LogP contribution in [0.3, 0.4) is 0 Å². The average Bonchev–Trinajstić information content (AvgIpc) is 2.26. The van der Waals surface area contributed by atoms with Gasteiger partial charge in [-0.25, -0.2) is 0 Å². The van der Waals surface area contributed by atoms with E-state index in [4.69, 9.17) is 8.85 Å². The van der Waals surface area contributed by atoms with Crippen molar-refractivity contribution in [2.45, 2.75) is 66.3 Å². The lowest BCUT2D eigenvalue weighted by atomic mass is 10.2. The third-order valence-electron chi connectivity index (χ3n) is 2.76. The van der Waals surface area contributed by atoms with E-state index in [9.17, 15) is 0 Å². The van der Waals surface area contributed by atoms with Crippen molar-refractivity contribution in [3.05, 3.63) is 0 Å². The molecule has 1 atom stereocenters. The molecule has 0 spiro atoms. The quantitative estimate of drug-likeness (QED) is 0.550. The van der Waals surface area contributed by atoms with Gasteiger partial charge in [-0.05, 0) is 23.8 Å².